The van der Waals surface area contributed by atoms with E-state index in [1.807, 2.05) is 60.2 Å². The van der Waals surface area contributed by atoms with Gasteiger partial charge in [-0.3, -0.25) is 4.98 Å². The average molecular weight is 455 g/mol. The summed E-state index contributed by atoms with van der Waals surface area (Å²) in [6.45, 7) is 2.76. The van der Waals surface area contributed by atoms with Gasteiger partial charge in [0.05, 0.1) is 28.2 Å². The van der Waals surface area contributed by atoms with Crippen molar-refractivity contribution in [2.45, 2.75) is 32.4 Å². The van der Waals surface area contributed by atoms with Gasteiger partial charge in [0.2, 0.25) is 0 Å². The highest BCUT2D eigenvalue weighted by Gasteiger charge is 2.21. The Morgan fingerprint density at radius 2 is 2.03 bits per heavy atom. The monoisotopic (exact) mass is 454 g/mol. The first-order chi connectivity index (χ1) is 16.6. The lowest BCUT2D eigenvalue weighted by Gasteiger charge is -2.23. The molecule has 1 saturated heterocycles. The predicted octanol–water partition coefficient (Wildman–Crippen LogP) is 6.05. The van der Waals surface area contributed by atoms with Gasteiger partial charge in [-0.1, -0.05) is 12.1 Å². The van der Waals surface area contributed by atoms with Gasteiger partial charge >= 0.3 is 5.97 Å². The zero-order chi connectivity index (χ0) is 23.5. The number of ether oxygens (including phenoxy) is 1. The van der Waals surface area contributed by atoms with Crippen LogP contribution in [0.15, 0.2) is 60.8 Å². The van der Waals surface area contributed by atoms with Crippen LogP contribution >= 0.6 is 0 Å². The number of carbonyl (C=O) groups is 1. The van der Waals surface area contributed by atoms with E-state index in [-0.39, 0.29) is 11.8 Å². The third kappa shape index (κ3) is 4.56. The first-order valence-electron chi connectivity index (χ1n) is 11.4. The summed E-state index contributed by atoms with van der Waals surface area (Å²) in [5.41, 5.74) is 5.35. The summed E-state index contributed by atoms with van der Waals surface area (Å²) < 4.78 is 7.99. The minimum Gasteiger partial charge on any atom is -0.478 e. The number of aryl methyl sites for hydroxylation is 1. The van der Waals surface area contributed by atoms with Crippen molar-refractivity contribution in [3.05, 3.63) is 83.3 Å². The van der Waals surface area contributed by atoms with Crippen molar-refractivity contribution in [1.29, 1.82) is 0 Å². The van der Waals surface area contributed by atoms with Crippen molar-refractivity contribution in [3.63, 3.8) is 0 Å². The molecular formula is C27H26N4O3. The second-order valence-corrected chi connectivity index (χ2v) is 8.45. The predicted molar refractivity (Wildman–Crippen MR) is 133 cm³/mol. The molecule has 7 nitrogen and oxygen atoms in total. The van der Waals surface area contributed by atoms with Crippen LogP contribution in [0.1, 0.15) is 52.8 Å². The Balaban J connectivity index is 1.55. The van der Waals surface area contributed by atoms with E-state index in [1.165, 1.54) is 0 Å². The van der Waals surface area contributed by atoms with E-state index >= 15 is 0 Å². The van der Waals surface area contributed by atoms with E-state index in [0.29, 0.717) is 12.3 Å². The molecule has 5 rings (SSSR count). The van der Waals surface area contributed by atoms with E-state index in [9.17, 15) is 9.90 Å². The van der Waals surface area contributed by atoms with Gasteiger partial charge in [0.15, 0.2) is 6.23 Å². The number of aromatic carboxylic acids is 1. The van der Waals surface area contributed by atoms with E-state index in [4.69, 9.17) is 9.84 Å². The van der Waals surface area contributed by atoms with Crippen LogP contribution in [0.25, 0.3) is 23.1 Å². The third-order valence-corrected chi connectivity index (χ3v) is 5.95. The molecule has 0 spiro atoms. The molecule has 1 fully saturated rings. The van der Waals surface area contributed by atoms with Crippen LogP contribution < -0.4 is 5.32 Å². The highest BCUT2D eigenvalue weighted by molar-refractivity contribution is 5.96. The van der Waals surface area contributed by atoms with Crippen molar-refractivity contribution in [2.24, 2.45) is 0 Å². The standard InChI is InChI=1S/C27H26N4O3/c1-18-13-14-28-19(16-18)10-12-24-21-11-9-20(29-23-7-3-2-6-22(23)27(32)33)17-25(21)31(30-24)26-8-4-5-15-34-26/h2-3,6-7,9-14,16-17,26,29H,4-5,8,15H2,1H3,(H,32,33). The van der Waals surface area contributed by atoms with Gasteiger partial charge in [0, 0.05) is 23.9 Å². The van der Waals surface area contributed by atoms with Crippen LogP contribution in [-0.2, 0) is 4.74 Å². The first-order valence-corrected chi connectivity index (χ1v) is 11.4. The van der Waals surface area contributed by atoms with Crippen molar-refractivity contribution in [3.8, 4) is 0 Å². The van der Waals surface area contributed by atoms with Crippen LogP contribution in [-0.4, -0.2) is 32.4 Å². The lowest BCUT2D eigenvalue weighted by atomic mass is 10.1. The van der Waals surface area contributed by atoms with Gasteiger partial charge in [0.25, 0.3) is 0 Å². The fourth-order valence-corrected chi connectivity index (χ4v) is 4.25. The highest BCUT2D eigenvalue weighted by Crippen LogP contribution is 2.32. The van der Waals surface area contributed by atoms with Crippen molar-refractivity contribution in [2.75, 3.05) is 11.9 Å². The summed E-state index contributed by atoms with van der Waals surface area (Å²) in [7, 11) is 0. The summed E-state index contributed by atoms with van der Waals surface area (Å²) in [4.78, 5) is 16.0. The number of para-hydroxylation sites is 1. The number of aromatic nitrogens is 3. The van der Waals surface area contributed by atoms with Gasteiger partial charge in [-0.05, 0) is 86.4 Å². The Bertz CT molecular complexity index is 1370. The summed E-state index contributed by atoms with van der Waals surface area (Å²) in [6, 6.07) is 16.8. The molecule has 0 radical (unpaired) electrons. The number of anilines is 2. The number of hydrogen-bond acceptors (Lipinski definition) is 5. The van der Waals surface area contributed by atoms with Crippen molar-refractivity contribution < 1.29 is 14.6 Å². The molecule has 2 N–H and O–H groups in total. The molecule has 2 aromatic heterocycles. The van der Waals surface area contributed by atoms with Crippen LogP contribution in [0.2, 0.25) is 0 Å². The number of benzene rings is 2. The summed E-state index contributed by atoms with van der Waals surface area (Å²) in [5, 5.41) is 18.7. The molecule has 0 bridgehead atoms. The van der Waals surface area contributed by atoms with Gasteiger partial charge in [-0.15, -0.1) is 0 Å². The number of nitrogens with zero attached hydrogens (tertiary/aromatic N) is 3. The minimum atomic E-state index is -0.970. The number of rotatable bonds is 6. The molecule has 0 saturated carbocycles. The normalized spacial score (nSPS) is 16.2. The molecule has 0 amide bonds. The quantitative estimate of drug-likeness (QED) is 0.369. The number of fused-ring (bicyclic) bond motifs is 1. The summed E-state index contributed by atoms with van der Waals surface area (Å²) in [6.07, 6.45) is 8.67. The molecule has 1 aliphatic rings. The maximum atomic E-state index is 11.6. The van der Waals surface area contributed by atoms with Gasteiger partial charge in [-0.2, -0.15) is 5.10 Å². The highest BCUT2D eigenvalue weighted by atomic mass is 16.5. The first kappa shape index (κ1) is 21.9. The Morgan fingerprint density at radius 1 is 1.15 bits per heavy atom. The summed E-state index contributed by atoms with van der Waals surface area (Å²) >= 11 is 0. The van der Waals surface area contributed by atoms with Crippen molar-refractivity contribution in [1.82, 2.24) is 14.8 Å². The Labute approximate surface area is 197 Å². The van der Waals surface area contributed by atoms with Crippen LogP contribution in [0.3, 0.4) is 0 Å². The van der Waals surface area contributed by atoms with E-state index in [0.717, 1.165) is 52.8 Å². The minimum absolute atomic E-state index is 0.128. The maximum absolute atomic E-state index is 11.6. The number of hydrogen-bond donors (Lipinski definition) is 2. The zero-order valence-electron chi connectivity index (χ0n) is 18.9. The average Bonchev–Trinajstić information content (AvgIpc) is 3.21. The molecular weight excluding hydrogens is 428 g/mol. The molecule has 172 valence electrons. The summed E-state index contributed by atoms with van der Waals surface area (Å²) in [5.74, 6) is -0.970. The van der Waals surface area contributed by atoms with Crippen LogP contribution in [0.4, 0.5) is 11.4 Å². The SMILES string of the molecule is Cc1ccnc(C=Cc2nn(C3CCCCO3)c3cc(Nc4ccccc4C(=O)O)ccc23)c1. The third-order valence-electron chi connectivity index (χ3n) is 5.95. The largest absolute Gasteiger partial charge is 0.478 e. The molecule has 0 aliphatic carbocycles. The van der Waals surface area contributed by atoms with E-state index in [1.54, 1.807) is 24.4 Å². The molecule has 34 heavy (non-hydrogen) atoms. The van der Waals surface area contributed by atoms with Gasteiger partial charge in [-0.25, -0.2) is 9.48 Å². The molecule has 7 heteroatoms. The Kier molecular flexibility index (Phi) is 6.10. The molecule has 1 aliphatic heterocycles. The second-order valence-electron chi connectivity index (χ2n) is 8.45. The molecule has 3 heterocycles. The topological polar surface area (TPSA) is 89.3 Å². The molecule has 1 unspecified atom stereocenters. The van der Waals surface area contributed by atoms with Gasteiger partial charge in [0.1, 0.15) is 0 Å². The van der Waals surface area contributed by atoms with Crippen LogP contribution in [0.5, 0.6) is 0 Å². The molecule has 1 atom stereocenters. The Hall–Kier alpha value is -3.97. The molecule has 2 aromatic carbocycles. The number of carboxylic acids is 1. The van der Waals surface area contributed by atoms with Crippen LogP contribution in [0, 0.1) is 6.92 Å². The van der Waals surface area contributed by atoms with Crippen molar-refractivity contribution >= 4 is 40.4 Å². The van der Waals surface area contributed by atoms with E-state index in [2.05, 4.69) is 10.3 Å². The van der Waals surface area contributed by atoms with Gasteiger partial charge < -0.3 is 15.2 Å². The Morgan fingerprint density at radius 3 is 2.82 bits per heavy atom. The number of nitrogens with one attached hydrogen (secondary N) is 1. The number of pyridine rings is 1. The lowest BCUT2D eigenvalue weighted by Crippen LogP contribution is -2.19. The fraction of sp³-hybridized carbons (Fsp3) is 0.222. The lowest BCUT2D eigenvalue weighted by molar-refractivity contribution is -0.0367. The molecule has 4 aromatic rings. The maximum Gasteiger partial charge on any atom is 0.337 e. The second kappa shape index (κ2) is 9.49. The number of carboxylic acid groups (broad SMARTS) is 1. The zero-order valence-corrected chi connectivity index (χ0v) is 18.9. The van der Waals surface area contributed by atoms with E-state index < -0.39 is 5.97 Å². The smallest absolute Gasteiger partial charge is 0.337 e. The fourth-order valence-electron chi connectivity index (χ4n) is 4.25.